The van der Waals surface area contributed by atoms with Crippen molar-refractivity contribution in [1.82, 2.24) is 0 Å². The molecule has 1 atom stereocenters. The minimum atomic E-state index is 0.187. The molecule has 0 radical (unpaired) electrons. The van der Waals surface area contributed by atoms with Crippen LogP contribution in [-0.4, -0.2) is 11.5 Å². The average Bonchev–Trinajstić information content (AvgIpc) is 2.61. The Morgan fingerprint density at radius 1 is 0.917 bits per heavy atom. The molecule has 2 heteroatoms. The van der Waals surface area contributed by atoms with Crippen molar-refractivity contribution in [2.24, 2.45) is 0 Å². The summed E-state index contributed by atoms with van der Waals surface area (Å²) in [4.78, 5) is 1.35. The predicted molar refractivity (Wildman–Crippen MR) is 118 cm³/mol. The molecule has 0 aliphatic carbocycles. The van der Waals surface area contributed by atoms with Gasteiger partial charge in [-0.3, -0.25) is 0 Å². The summed E-state index contributed by atoms with van der Waals surface area (Å²) in [5.74, 6) is 2.96. The quantitative estimate of drug-likeness (QED) is 0.199. The molecule has 0 saturated heterocycles. The molecule has 0 nitrogen and oxygen atoms in total. The minimum absolute atomic E-state index is 0.187. The Bertz CT molecular complexity index is 363. The van der Waals surface area contributed by atoms with Gasteiger partial charge in [0.15, 0.2) is 0 Å². The second kappa shape index (κ2) is 19.1. The number of hydrogen-bond acceptors (Lipinski definition) is 2. The zero-order chi connectivity index (χ0) is 17.9. The van der Waals surface area contributed by atoms with Gasteiger partial charge in [0, 0.05) is 4.91 Å². The smallest absolute Gasteiger partial charge is 0.0999 e. The summed E-state index contributed by atoms with van der Waals surface area (Å²) in [6, 6.07) is 0. The molecule has 0 spiro atoms. The molecule has 0 aromatic rings. The van der Waals surface area contributed by atoms with E-state index >= 15 is 0 Å². The fraction of sp³-hybridized carbons (Fsp3) is 0.727. The topological polar surface area (TPSA) is 0 Å². The van der Waals surface area contributed by atoms with E-state index in [1.165, 1.54) is 82.0 Å². The van der Waals surface area contributed by atoms with Gasteiger partial charge in [-0.2, -0.15) is 0 Å². The largest absolute Gasteiger partial charge is 0.132 e. The second-order valence-corrected chi connectivity index (χ2v) is 8.17. The van der Waals surface area contributed by atoms with Gasteiger partial charge in [-0.15, -0.1) is 29.9 Å². The fourth-order valence-corrected chi connectivity index (χ4v) is 4.28. The van der Waals surface area contributed by atoms with E-state index in [1.54, 1.807) is 11.8 Å². The lowest BCUT2D eigenvalue weighted by atomic mass is 10.1. The highest BCUT2D eigenvalue weighted by Crippen LogP contribution is 2.28. The van der Waals surface area contributed by atoms with Crippen molar-refractivity contribution in [2.75, 3.05) is 6.26 Å². The van der Waals surface area contributed by atoms with Gasteiger partial charge < -0.3 is 0 Å². The van der Waals surface area contributed by atoms with Gasteiger partial charge in [-0.25, -0.2) is 0 Å². The maximum Gasteiger partial charge on any atom is 0.0999 e. The highest BCUT2D eigenvalue weighted by atomic mass is 32.2. The SMILES string of the molecule is C#CC(S/C=C\CCCCCCC)/C(=C/CCCCCCC)SC. The summed E-state index contributed by atoms with van der Waals surface area (Å²) in [6.45, 7) is 4.53. The van der Waals surface area contributed by atoms with Crippen molar-refractivity contribution in [3.05, 3.63) is 22.5 Å². The van der Waals surface area contributed by atoms with E-state index < -0.39 is 0 Å². The van der Waals surface area contributed by atoms with Crippen LogP contribution in [-0.2, 0) is 0 Å². The van der Waals surface area contributed by atoms with Crippen molar-refractivity contribution in [3.63, 3.8) is 0 Å². The second-order valence-electron chi connectivity index (χ2n) is 6.27. The van der Waals surface area contributed by atoms with Crippen LogP contribution >= 0.6 is 23.5 Å². The zero-order valence-electron chi connectivity index (χ0n) is 16.2. The van der Waals surface area contributed by atoms with Crippen molar-refractivity contribution >= 4 is 23.5 Å². The number of hydrogen-bond donors (Lipinski definition) is 0. The fourth-order valence-electron chi connectivity index (χ4n) is 2.55. The first-order chi connectivity index (χ1) is 11.8. The Labute approximate surface area is 160 Å². The number of allylic oxidation sites excluding steroid dienone is 2. The third kappa shape index (κ3) is 14.1. The van der Waals surface area contributed by atoms with Crippen LogP contribution in [0.3, 0.4) is 0 Å². The molecule has 0 aromatic heterocycles. The summed E-state index contributed by atoms with van der Waals surface area (Å²) in [5.41, 5.74) is 0. The van der Waals surface area contributed by atoms with Crippen molar-refractivity contribution in [2.45, 2.75) is 96.1 Å². The van der Waals surface area contributed by atoms with E-state index in [9.17, 15) is 0 Å². The molecule has 1 unspecified atom stereocenters. The lowest BCUT2D eigenvalue weighted by molar-refractivity contribution is 0.637. The van der Waals surface area contributed by atoms with E-state index in [2.05, 4.69) is 43.6 Å². The Morgan fingerprint density at radius 2 is 1.50 bits per heavy atom. The van der Waals surface area contributed by atoms with Gasteiger partial charge >= 0.3 is 0 Å². The predicted octanol–water partition coefficient (Wildman–Crippen LogP) is 8.20. The molecule has 24 heavy (non-hydrogen) atoms. The van der Waals surface area contributed by atoms with Crippen molar-refractivity contribution in [3.8, 4) is 12.3 Å². The highest BCUT2D eigenvalue weighted by Gasteiger charge is 2.09. The normalized spacial score (nSPS) is 13.3. The summed E-state index contributed by atoms with van der Waals surface area (Å²) < 4.78 is 0. The summed E-state index contributed by atoms with van der Waals surface area (Å²) in [7, 11) is 0. The molecular formula is C22H38S2. The first-order valence-electron chi connectivity index (χ1n) is 9.80. The maximum atomic E-state index is 5.76. The van der Waals surface area contributed by atoms with E-state index in [0.29, 0.717) is 0 Å². The number of rotatable bonds is 16. The lowest BCUT2D eigenvalue weighted by Gasteiger charge is -2.11. The Balaban J connectivity index is 4.02. The lowest BCUT2D eigenvalue weighted by Crippen LogP contribution is -1.99. The maximum absolute atomic E-state index is 5.76. The number of thioether (sulfide) groups is 2. The Morgan fingerprint density at radius 3 is 2.04 bits per heavy atom. The summed E-state index contributed by atoms with van der Waals surface area (Å²) in [6.07, 6.45) is 28.3. The van der Waals surface area contributed by atoms with Crippen LogP contribution in [0.15, 0.2) is 22.5 Å². The monoisotopic (exact) mass is 366 g/mol. The first-order valence-corrected chi connectivity index (χ1v) is 12.0. The van der Waals surface area contributed by atoms with Crippen LogP contribution in [0.5, 0.6) is 0 Å². The molecule has 0 bridgehead atoms. The zero-order valence-corrected chi connectivity index (χ0v) is 17.8. The van der Waals surface area contributed by atoms with E-state index in [1.807, 2.05) is 11.8 Å². The molecule has 0 heterocycles. The van der Waals surface area contributed by atoms with Crippen LogP contribution in [0.25, 0.3) is 0 Å². The standard InChI is InChI=1S/C22H38S2/c1-5-8-10-12-14-16-18-20-24-21(7-3)22(23-4)19-17-15-13-11-9-6-2/h3,18-21H,5-6,8-17H2,1-2,4H3/b20-18-,22-19-. The molecule has 0 amide bonds. The van der Waals surface area contributed by atoms with Crippen LogP contribution in [0, 0.1) is 12.3 Å². The molecule has 0 aromatic carbocycles. The van der Waals surface area contributed by atoms with Gasteiger partial charge in [-0.1, -0.05) is 83.3 Å². The number of unbranched alkanes of at least 4 members (excludes halogenated alkanes) is 10. The minimum Gasteiger partial charge on any atom is -0.132 e. The van der Waals surface area contributed by atoms with Crippen LogP contribution < -0.4 is 0 Å². The van der Waals surface area contributed by atoms with Gasteiger partial charge in [0.25, 0.3) is 0 Å². The van der Waals surface area contributed by atoms with E-state index in [0.717, 1.165) is 0 Å². The molecule has 0 aliphatic rings. The average molecular weight is 367 g/mol. The molecule has 0 saturated carbocycles. The Kier molecular flexibility index (Phi) is 18.9. The van der Waals surface area contributed by atoms with Crippen molar-refractivity contribution < 1.29 is 0 Å². The molecular weight excluding hydrogens is 328 g/mol. The summed E-state index contributed by atoms with van der Waals surface area (Å²) >= 11 is 3.60. The third-order valence-electron chi connectivity index (χ3n) is 4.08. The van der Waals surface area contributed by atoms with Gasteiger partial charge in [0.1, 0.15) is 0 Å². The molecule has 138 valence electrons. The van der Waals surface area contributed by atoms with E-state index in [-0.39, 0.29) is 5.25 Å². The molecule has 0 N–H and O–H groups in total. The molecule has 0 aliphatic heterocycles. The molecule has 0 rings (SSSR count). The first kappa shape index (κ1) is 23.7. The van der Waals surface area contributed by atoms with Gasteiger partial charge in [-0.05, 0) is 37.3 Å². The number of terminal acetylenes is 1. The van der Waals surface area contributed by atoms with E-state index in [4.69, 9.17) is 6.42 Å². The van der Waals surface area contributed by atoms with Gasteiger partial charge in [0.2, 0.25) is 0 Å². The van der Waals surface area contributed by atoms with Gasteiger partial charge in [0.05, 0.1) is 5.25 Å². The third-order valence-corrected chi connectivity index (χ3v) is 6.12. The van der Waals surface area contributed by atoms with Crippen LogP contribution in [0.4, 0.5) is 0 Å². The van der Waals surface area contributed by atoms with Crippen LogP contribution in [0.2, 0.25) is 0 Å². The summed E-state index contributed by atoms with van der Waals surface area (Å²) in [5, 5.41) is 2.40. The Hall–Kier alpha value is -0.260. The van der Waals surface area contributed by atoms with Crippen LogP contribution in [0.1, 0.15) is 90.9 Å². The highest BCUT2D eigenvalue weighted by molar-refractivity contribution is 8.07. The van der Waals surface area contributed by atoms with Crippen molar-refractivity contribution in [1.29, 1.82) is 0 Å². The molecule has 0 fully saturated rings.